The van der Waals surface area contributed by atoms with E-state index in [1.165, 1.54) is 29.5 Å². The molecule has 0 aromatic heterocycles. The minimum absolute atomic E-state index is 0.533. The number of rotatable bonds is 5. The number of aliphatic hydroxyl groups is 1. The Morgan fingerprint density at radius 3 is 2.15 bits per heavy atom. The third-order valence-electron chi connectivity index (χ3n) is 3.96. The summed E-state index contributed by atoms with van der Waals surface area (Å²) in [6.07, 6.45) is 3.03. The van der Waals surface area contributed by atoms with Gasteiger partial charge >= 0.3 is 0 Å². The largest absolute Gasteiger partial charge is 0.384 e. The van der Waals surface area contributed by atoms with Crippen molar-refractivity contribution >= 4 is 0 Å². The maximum absolute atomic E-state index is 10.5. The maximum atomic E-state index is 10.5. The Hall–Kier alpha value is -1.60. The van der Waals surface area contributed by atoms with Crippen LogP contribution in [0.3, 0.4) is 0 Å². The summed E-state index contributed by atoms with van der Waals surface area (Å²) in [5, 5.41) is 10.5. The van der Waals surface area contributed by atoms with Crippen LogP contribution in [0, 0.1) is 13.8 Å². The van der Waals surface area contributed by atoms with Crippen molar-refractivity contribution in [1.29, 1.82) is 0 Å². The number of aryl methyl sites for hydroxylation is 3. The van der Waals surface area contributed by atoms with Gasteiger partial charge in [0.15, 0.2) is 0 Å². The second-order valence-corrected chi connectivity index (χ2v) is 5.59. The molecule has 0 amide bonds. The third-order valence-corrected chi connectivity index (χ3v) is 3.96. The molecule has 0 saturated heterocycles. The van der Waals surface area contributed by atoms with Gasteiger partial charge < -0.3 is 5.11 Å². The molecule has 1 heteroatoms. The Morgan fingerprint density at radius 1 is 0.900 bits per heavy atom. The van der Waals surface area contributed by atoms with Gasteiger partial charge in [-0.2, -0.15) is 0 Å². The van der Waals surface area contributed by atoms with Crippen molar-refractivity contribution in [3.63, 3.8) is 0 Å². The lowest BCUT2D eigenvalue weighted by Crippen LogP contribution is -2.01. The molecule has 20 heavy (non-hydrogen) atoms. The van der Waals surface area contributed by atoms with E-state index in [1.54, 1.807) is 0 Å². The zero-order valence-corrected chi connectivity index (χ0v) is 12.7. The Morgan fingerprint density at radius 2 is 1.55 bits per heavy atom. The van der Waals surface area contributed by atoms with Crippen molar-refractivity contribution in [3.8, 4) is 0 Å². The van der Waals surface area contributed by atoms with Gasteiger partial charge in [0.2, 0.25) is 0 Å². The lowest BCUT2D eigenvalue weighted by molar-refractivity contribution is 0.220. The van der Waals surface area contributed by atoms with E-state index in [-0.39, 0.29) is 0 Å². The standard InChI is InChI=1S/C19H24O/c1-4-5-6-16-8-11-17(12-9-16)19(20)18-10-7-14(2)15(3)13-18/h7-13,19-20H,4-6H2,1-3H3. The molecule has 2 aromatic rings. The summed E-state index contributed by atoms with van der Waals surface area (Å²) in [6.45, 7) is 6.38. The van der Waals surface area contributed by atoms with Crippen molar-refractivity contribution in [3.05, 3.63) is 70.3 Å². The number of hydrogen-bond donors (Lipinski definition) is 1. The van der Waals surface area contributed by atoms with E-state index in [9.17, 15) is 5.11 Å². The summed E-state index contributed by atoms with van der Waals surface area (Å²) in [5.41, 5.74) is 5.77. The Balaban J connectivity index is 2.15. The fourth-order valence-electron chi connectivity index (χ4n) is 2.37. The molecule has 0 heterocycles. The van der Waals surface area contributed by atoms with Gasteiger partial charge in [-0.25, -0.2) is 0 Å². The highest BCUT2D eigenvalue weighted by Gasteiger charge is 2.10. The average Bonchev–Trinajstić information content (AvgIpc) is 2.48. The molecule has 0 fully saturated rings. The molecule has 0 saturated carbocycles. The van der Waals surface area contributed by atoms with E-state index in [2.05, 4.69) is 45.0 Å². The van der Waals surface area contributed by atoms with Gasteiger partial charge in [-0.3, -0.25) is 0 Å². The first kappa shape index (κ1) is 14.8. The van der Waals surface area contributed by atoms with Crippen molar-refractivity contribution in [2.24, 2.45) is 0 Å². The van der Waals surface area contributed by atoms with Crippen molar-refractivity contribution < 1.29 is 5.11 Å². The lowest BCUT2D eigenvalue weighted by Gasteiger charge is -2.14. The minimum atomic E-state index is -0.533. The number of benzene rings is 2. The number of unbranched alkanes of at least 4 members (excludes halogenated alkanes) is 1. The van der Waals surface area contributed by atoms with Gasteiger partial charge in [0.1, 0.15) is 6.10 Å². The Labute approximate surface area is 122 Å². The number of aliphatic hydroxyl groups excluding tert-OH is 1. The molecule has 1 N–H and O–H groups in total. The topological polar surface area (TPSA) is 20.2 Å². The molecule has 106 valence electrons. The van der Waals surface area contributed by atoms with E-state index in [0.717, 1.165) is 17.5 Å². The van der Waals surface area contributed by atoms with Crippen molar-refractivity contribution in [1.82, 2.24) is 0 Å². The summed E-state index contributed by atoms with van der Waals surface area (Å²) >= 11 is 0. The summed E-state index contributed by atoms with van der Waals surface area (Å²) in [7, 11) is 0. The smallest absolute Gasteiger partial charge is 0.104 e. The second-order valence-electron chi connectivity index (χ2n) is 5.59. The molecule has 0 radical (unpaired) electrons. The van der Waals surface area contributed by atoms with Gasteiger partial charge in [-0.1, -0.05) is 55.8 Å². The molecule has 0 aliphatic carbocycles. The van der Waals surface area contributed by atoms with Crippen molar-refractivity contribution in [2.45, 2.75) is 46.1 Å². The van der Waals surface area contributed by atoms with E-state index < -0.39 is 6.10 Å². The average molecular weight is 268 g/mol. The molecule has 0 spiro atoms. The summed E-state index contributed by atoms with van der Waals surface area (Å²) in [6, 6.07) is 14.5. The molecule has 2 rings (SSSR count). The van der Waals surface area contributed by atoms with Crippen LogP contribution in [-0.2, 0) is 6.42 Å². The van der Waals surface area contributed by atoms with Crippen molar-refractivity contribution in [2.75, 3.05) is 0 Å². The van der Waals surface area contributed by atoms with Gasteiger partial charge in [-0.05, 0) is 54.5 Å². The first-order valence-electron chi connectivity index (χ1n) is 7.46. The summed E-state index contributed by atoms with van der Waals surface area (Å²) in [4.78, 5) is 0. The molecule has 0 aliphatic heterocycles. The Bertz CT molecular complexity index is 554. The summed E-state index contributed by atoms with van der Waals surface area (Å²) in [5.74, 6) is 0. The van der Waals surface area contributed by atoms with E-state index >= 15 is 0 Å². The van der Waals surface area contributed by atoms with Crippen LogP contribution in [0.4, 0.5) is 0 Å². The predicted molar refractivity (Wildman–Crippen MR) is 85.0 cm³/mol. The molecule has 1 nitrogen and oxygen atoms in total. The van der Waals surface area contributed by atoms with Crippen LogP contribution in [0.15, 0.2) is 42.5 Å². The highest BCUT2D eigenvalue weighted by atomic mass is 16.3. The van der Waals surface area contributed by atoms with Crippen LogP contribution in [0.5, 0.6) is 0 Å². The Kier molecular flexibility index (Phi) is 4.97. The van der Waals surface area contributed by atoms with Gasteiger partial charge in [0, 0.05) is 0 Å². The predicted octanol–water partition coefficient (Wildman–Crippen LogP) is 4.73. The second kappa shape index (κ2) is 6.71. The van der Waals surface area contributed by atoms with Crippen LogP contribution in [0.1, 0.15) is 53.7 Å². The molecule has 1 unspecified atom stereocenters. The maximum Gasteiger partial charge on any atom is 0.104 e. The third kappa shape index (κ3) is 3.49. The fraction of sp³-hybridized carbons (Fsp3) is 0.368. The SMILES string of the molecule is CCCCc1ccc(C(O)c2ccc(C)c(C)c2)cc1. The fourth-order valence-corrected chi connectivity index (χ4v) is 2.37. The molecular formula is C19H24O. The molecule has 2 aromatic carbocycles. The highest BCUT2D eigenvalue weighted by Crippen LogP contribution is 2.24. The molecular weight excluding hydrogens is 244 g/mol. The van der Waals surface area contributed by atoms with Gasteiger partial charge in [0.05, 0.1) is 0 Å². The lowest BCUT2D eigenvalue weighted by atomic mass is 9.96. The minimum Gasteiger partial charge on any atom is -0.384 e. The zero-order chi connectivity index (χ0) is 14.5. The van der Waals surface area contributed by atoms with Crippen LogP contribution >= 0.6 is 0 Å². The first-order chi connectivity index (χ1) is 9.61. The van der Waals surface area contributed by atoms with E-state index in [4.69, 9.17) is 0 Å². The quantitative estimate of drug-likeness (QED) is 0.831. The van der Waals surface area contributed by atoms with Crippen LogP contribution in [-0.4, -0.2) is 5.11 Å². The monoisotopic (exact) mass is 268 g/mol. The van der Waals surface area contributed by atoms with Gasteiger partial charge in [-0.15, -0.1) is 0 Å². The highest BCUT2D eigenvalue weighted by molar-refractivity contribution is 5.36. The van der Waals surface area contributed by atoms with Crippen LogP contribution in [0.25, 0.3) is 0 Å². The van der Waals surface area contributed by atoms with Gasteiger partial charge in [0.25, 0.3) is 0 Å². The van der Waals surface area contributed by atoms with Crippen LogP contribution in [0.2, 0.25) is 0 Å². The first-order valence-corrected chi connectivity index (χ1v) is 7.46. The van der Waals surface area contributed by atoms with E-state index in [0.29, 0.717) is 0 Å². The zero-order valence-electron chi connectivity index (χ0n) is 12.7. The van der Waals surface area contributed by atoms with E-state index in [1.807, 2.05) is 18.2 Å². The van der Waals surface area contributed by atoms with Crippen LogP contribution < -0.4 is 0 Å². The number of hydrogen-bond acceptors (Lipinski definition) is 1. The molecule has 0 aliphatic rings. The molecule has 1 atom stereocenters. The molecule has 0 bridgehead atoms. The normalized spacial score (nSPS) is 12.4. The summed E-state index contributed by atoms with van der Waals surface area (Å²) < 4.78 is 0.